The first kappa shape index (κ1) is 34.2. The van der Waals surface area contributed by atoms with Crippen molar-refractivity contribution in [3.8, 4) is 11.5 Å². The molecule has 0 bridgehead atoms. The van der Waals surface area contributed by atoms with Gasteiger partial charge in [0.2, 0.25) is 0 Å². The number of carbonyl (C=O) groups is 2. The average molecular weight is 665 g/mol. The standard InChI is InChI=1S/C26H16ClF11N2O4/c1-2-40(22(43)14-10-12(27)6-7-15(14)28)16-5-3-4-13(19(16)29)21(42)39-20-17(41)8-11(9-18(20)44-23(30)31)24(32,25(33,34)35)26(36,37)38/h3-10,23,41H,2H2,1H3,(H,39,42). The molecule has 2 amide bonds. The van der Waals surface area contributed by atoms with Crippen LogP contribution in [0.3, 0.4) is 0 Å². The van der Waals surface area contributed by atoms with E-state index >= 15 is 4.39 Å². The van der Waals surface area contributed by atoms with Gasteiger partial charge in [-0.3, -0.25) is 9.59 Å². The fourth-order valence-electron chi connectivity index (χ4n) is 3.92. The molecule has 0 heterocycles. The molecule has 0 aliphatic rings. The molecule has 238 valence electrons. The van der Waals surface area contributed by atoms with Crippen LogP contribution >= 0.6 is 11.6 Å². The van der Waals surface area contributed by atoms with E-state index in [1.54, 1.807) is 5.32 Å². The Hall–Kier alpha value is -4.28. The number of amides is 2. The lowest BCUT2D eigenvalue weighted by molar-refractivity contribution is -0.348. The smallest absolute Gasteiger partial charge is 0.435 e. The second-order valence-electron chi connectivity index (χ2n) is 8.67. The first-order valence-electron chi connectivity index (χ1n) is 11.8. The summed E-state index contributed by atoms with van der Waals surface area (Å²) in [5.41, 5.74) is -12.2. The van der Waals surface area contributed by atoms with Gasteiger partial charge >= 0.3 is 24.6 Å². The molecule has 0 aliphatic carbocycles. The van der Waals surface area contributed by atoms with Gasteiger partial charge in [0.05, 0.1) is 16.8 Å². The SMILES string of the molecule is CCN(C(=O)c1cc(Cl)ccc1F)c1cccc(C(=O)Nc2c(O)cc(C(F)(C(F)(F)F)C(F)(F)F)cc2OC(F)F)c1F. The van der Waals surface area contributed by atoms with Crippen LogP contribution < -0.4 is 15.0 Å². The minimum Gasteiger partial charge on any atom is -0.506 e. The number of aromatic hydroxyl groups is 1. The molecule has 0 radical (unpaired) electrons. The number of halogens is 12. The van der Waals surface area contributed by atoms with E-state index in [1.807, 2.05) is 0 Å². The quantitative estimate of drug-likeness (QED) is 0.188. The molecule has 0 spiro atoms. The summed E-state index contributed by atoms with van der Waals surface area (Å²) >= 11 is 5.79. The van der Waals surface area contributed by atoms with Gasteiger partial charge in [-0.1, -0.05) is 17.7 Å². The molecule has 0 fully saturated rings. The number of nitrogens with one attached hydrogen (secondary N) is 1. The zero-order valence-corrected chi connectivity index (χ0v) is 22.3. The summed E-state index contributed by atoms with van der Waals surface area (Å²) < 4.78 is 153. The van der Waals surface area contributed by atoms with Gasteiger partial charge in [0.1, 0.15) is 17.3 Å². The van der Waals surface area contributed by atoms with Gasteiger partial charge in [0.15, 0.2) is 11.6 Å². The van der Waals surface area contributed by atoms with Crippen molar-refractivity contribution >= 4 is 34.8 Å². The van der Waals surface area contributed by atoms with E-state index in [2.05, 4.69) is 4.74 Å². The number of carbonyl (C=O) groups excluding carboxylic acids is 2. The number of rotatable bonds is 8. The molecule has 0 saturated carbocycles. The van der Waals surface area contributed by atoms with Crippen LogP contribution in [-0.2, 0) is 5.67 Å². The predicted octanol–water partition coefficient (Wildman–Crippen LogP) is 8.13. The first-order valence-corrected chi connectivity index (χ1v) is 12.1. The van der Waals surface area contributed by atoms with Crippen molar-refractivity contribution in [2.45, 2.75) is 31.6 Å². The third-order valence-corrected chi connectivity index (χ3v) is 6.18. The van der Waals surface area contributed by atoms with Crippen LogP contribution in [0, 0.1) is 11.6 Å². The number of phenolic OH excluding ortho intramolecular Hbond substituents is 1. The maximum absolute atomic E-state index is 15.5. The summed E-state index contributed by atoms with van der Waals surface area (Å²) in [5.74, 6) is -8.86. The highest BCUT2D eigenvalue weighted by atomic mass is 35.5. The second kappa shape index (κ2) is 12.4. The van der Waals surface area contributed by atoms with Crippen LogP contribution in [0.1, 0.15) is 33.2 Å². The topological polar surface area (TPSA) is 78.9 Å². The van der Waals surface area contributed by atoms with Crippen LogP contribution in [-0.4, -0.2) is 42.4 Å². The molecule has 0 unspecified atom stereocenters. The van der Waals surface area contributed by atoms with Gasteiger partial charge in [0.25, 0.3) is 11.8 Å². The van der Waals surface area contributed by atoms with Crippen LogP contribution in [0.15, 0.2) is 48.5 Å². The van der Waals surface area contributed by atoms with Crippen molar-refractivity contribution in [2.75, 3.05) is 16.8 Å². The van der Waals surface area contributed by atoms with Crippen molar-refractivity contribution in [1.29, 1.82) is 0 Å². The zero-order chi connectivity index (χ0) is 33.4. The average Bonchev–Trinajstić information content (AvgIpc) is 2.90. The number of hydrogen-bond donors (Lipinski definition) is 2. The van der Waals surface area contributed by atoms with E-state index < -0.39 is 99.8 Å². The molecule has 0 aliphatic heterocycles. The van der Waals surface area contributed by atoms with Crippen molar-refractivity contribution in [1.82, 2.24) is 0 Å². The Morgan fingerprint density at radius 1 is 0.955 bits per heavy atom. The molecule has 0 aromatic heterocycles. The first-order chi connectivity index (χ1) is 20.2. The Labute approximate surface area is 244 Å². The van der Waals surface area contributed by atoms with Gasteiger partial charge in [-0.2, -0.15) is 35.1 Å². The van der Waals surface area contributed by atoms with Gasteiger partial charge in [0, 0.05) is 17.1 Å². The Balaban J connectivity index is 2.09. The van der Waals surface area contributed by atoms with E-state index in [1.165, 1.54) is 6.92 Å². The maximum Gasteiger partial charge on any atom is 0.435 e. The molecule has 0 saturated heterocycles. The van der Waals surface area contributed by atoms with Crippen LogP contribution in [0.4, 0.5) is 59.7 Å². The Kier molecular flexibility index (Phi) is 9.62. The molecular formula is C26H16ClF11N2O4. The Morgan fingerprint density at radius 2 is 1.57 bits per heavy atom. The molecule has 3 rings (SSSR count). The third kappa shape index (κ3) is 6.46. The molecule has 6 nitrogen and oxygen atoms in total. The molecular weight excluding hydrogens is 649 g/mol. The van der Waals surface area contributed by atoms with Gasteiger partial charge < -0.3 is 20.1 Å². The van der Waals surface area contributed by atoms with Crippen LogP contribution in [0.5, 0.6) is 11.5 Å². The van der Waals surface area contributed by atoms with E-state index in [0.29, 0.717) is 4.90 Å². The Bertz CT molecular complexity index is 1560. The molecule has 2 N–H and O–H groups in total. The molecule has 18 heteroatoms. The van der Waals surface area contributed by atoms with Crippen molar-refractivity contribution in [3.05, 3.63) is 81.9 Å². The second-order valence-corrected chi connectivity index (χ2v) is 9.10. The normalized spacial score (nSPS) is 12.3. The minimum absolute atomic E-state index is 0.0532. The largest absolute Gasteiger partial charge is 0.506 e. The highest BCUT2D eigenvalue weighted by Gasteiger charge is 2.73. The number of nitrogens with zero attached hydrogens (tertiary/aromatic N) is 1. The fourth-order valence-corrected chi connectivity index (χ4v) is 4.09. The number of hydrogen-bond acceptors (Lipinski definition) is 4. The zero-order valence-electron chi connectivity index (χ0n) is 21.6. The summed E-state index contributed by atoms with van der Waals surface area (Å²) in [6.45, 7) is -2.96. The highest BCUT2D eigenvalue weighted by Crippen LogP contribution is 2.55. The summed E-state index contributed by atoms with van der Waals surface area (Å²) in [5, 5.41) is 11.7. The lowest BCUT2D eigenvalue weighted by Gasteiger charge is -2.31. The van der Waals surface area contributed by atoms with E-state index in [-0.39, 0.29) is 11.6 Å². The number of benzene rings is 3. The summed E-state index contributed by atoms with van der Waals surface area (Å²) in [4.78, 5) is 26.5. The summed E-state index contributed by atoms with van der Waals surface area (Å²) in [6, 6.07) is 4.73. The molecule has 3 aromatic rings. The number of ether oxygens (including phenoxy) is 1. The van der Waals surface area contributed by atoms with Crippen LogP contribution in [0.25, 0.3) is 0 Å². The van der Waals surface area contributed by atoms with E-state index in [9.17, 15) is 58.6 Å². The lowest BCUT2D eigenvalue weighted by Crippen LogP contribution is -2.50. The van der Waals surface area contributed by atoms with Gasteiger partial charge in [-0.15, -0.1) is 0 Å². The van der Waals surface area contributed by atoms with E-state index in [0.717, 1.165) is 36.4 Å². The predicted molar refractivity (Wildman–Crippen MR) is 133 cm³/mol. The highest BCUT2D eigenvalue weighted by molar-refractivity contribution is 6.31. The monoisotopic (exact) mass is 664 g/mol. The molecule has 0 atom stereocenters. The van der Waals surface area contributed by atoms with Crippen molar-refractivity contribution < 1.29 is 67.7 Å². The molecule has 3 aromatic carbocycles. The number of phenols is 1. The van der Waals surface area contributed by atoms with Gasteiger partial charge in [-0.05, 0) is 49.4 Å². The number of alkyl halides is 9. The number of anilines is 2. The van der Waals surface area contributed by atoms with Gasteiger partial charge in [-0.25, -0.2) is 13.2 Å². The molecule has 44 heavy (non-hydrogen) atoms. The van der Waals surface area contributed by atoms with Crippen LogP contribution in [0.2, 0.25) is 5.02 Å². The summed E-state index contributed by atoms with van der Waals surface area (Å²) in [7, 11) is 0. The fraction of sp³-hybridized carbons (Fsp3) is 0.231. The lowest BCUT2D eigenvalue weighted by atomic mass is 9.93. The van der Waals surface area contributed by atoms with Crippen molar-refractivity contribution in [3.63, 3.8) is 0 Å². The summed E-state index contributed by atoms with van der Waals surface area (Å²) in [6.07, 6.45) is -13.4. The third-order valence-electron chi connectivity index (χ3n) is 5.95. The van der Waals surface area contributed by atoms with E-state index in [4.69, 9.17) is 11.6 Å². The maximum atomic E-state index is 15.5. The Morgan fingerprint density at radius 3 is 2.11 bits per heavy atom. The minimum atomic E-state index is -6.70. The van der Waals surface area contributed by atoms with Crippen molar-refractivity contribution in [2.24, 2.45) is 0 Å².